The standard InChI is InChI=1S/C23H28N4OS3/c1-15(19-12-16-7-8-17(19)11-16)27-22(20-6-4-10-30-20)24-25-23(27)31-14-21(28)26(2)13-18-5-3-9-29-18/h3-6,9-10,15-17,19H,7-8,11-14H2,1-2H3. The van der Waals surface area contributed by atoms with Gasteiger partial charge in [0.25, 0.3) is 0 Å². The zero-order valence-corrected chi connectivity index (χ0v) is 20.4. The van der Waals surface area contributed by atoms with Crippen molar-refractivity contribution in [3.63, 3.8) is 0 Å². The van der Waals surface area contributed by atoms with Crippen LogP contribution >= 0.6 is 34.4 Å². The fourth-order valence-corrected chi connectivity index (χ4v) is 7.78. The molecule has 0 radical (unpaired) electrons. The largest absolute Gasteiger partial charge is 0.340 e. The van der Waals surface area contributed by atoms with Gasteiger partial charge in [0, 0.05) is 18.0 Å². The molecule has 2 bridgehead atoms. The molecule has 3 aromatic rings. The van der Waals surface area contributed by atoms with E-state index in [0.717, 1.165) is 27.7 Å². The lowest BCUT2D eigenvalue weighted by Crippen LogP contribution is -2.28. The molecule has 2 saturated carbocycles. The molecule has 5 nitrogen and oxygen atoms in total. The molecule has 0 spiro atoms. The Hall–Kier alpha value is -1.64. The second-order valence-electron chi connectivity index (χ2n) is 8.85. The Kier molecular flexibility index (Phi) is 6.21. The predicted molar refractivity (Wildman–Crippen MR) is 129 cm³/mol. The normalized spacial score (nSPS) is 23.4. The summed E-state index contributed by atoms with van der Waals surface area (Å²) in [7, 11) is 1.88. The number of aromatic nitrogens is 3. The van der Waals surface area contributed by atoms with Crippen molar-refractivity contribution in [2.24, 2.45) is 17.8 Å². The van der Waals surface area contributed by atoms with Gasteiger partial charge in [0.1, 0.15) is 0 Å². The number of thioether (sulfide) groups is 1. The van der Waals surface area contributed by atoms with E-state index in [0.29, 0.717) is 24.3 Å². The SMILES string of the molecule is CC(C1CC2CCC1C2)n1c(SCC(=O)N(C)Cc2cccs2)nnc1-c1cccs1. The molecule has 2 aliphatic rings. The van der Waals surface area contributed by atoms with Crippen LogP contribution in [0.1, 0.15) is 43.5 Å². The number of carbonyl (C=O) groups is 1. The second-order valence-corrected chi connectivity index (χ2v) is 11.8. The quantitative estimate of drug-likeness (QED) is 0.388. The molecule has 5 rings (SSSR count). The van der Waals surface area contributed by atoms with E-state index >= 15 is 0 Å². The average Bonchev–Trinajstić information content (AvgIpc) is 3.58. The van der Waals surface area contributed by atoms with Crippen LogP contribution in [-0.2, 0) is 11.3 Å². The van der Waals surface area contributed by atoms with Crippen molar-refractivity contribution in [2.75, 3.05) is 12.8 Å². The molecule has 164 valence electrons. The van der Waals surface area contributed by atoms with E-state index in [1.807, 2.05) is 18.5 Å². The highest BCUT2D eigenvalue weighted by molar-refractivity contribution is 7.99. The molecule has 8 heteroatoms. The lowest BCUT2D eigenvalue weighted by molar-refractivity contribution is -0.127. The summed E-state index contributed by atoms with van der Waals surface area (Å²) in [6.07, 6.45) is 5.48. The van der Waals surface area contributed by atoms with E-state index in [-0.39, 0.29) is 5.91 Å². The molecular formula is C23H28N4OS3. The number of hydrogen-bond acceptors (Lipinski definition) is 6. The van der Waals surface area contributed by atoms with Crippen LogP contribution in [0.25, 0.3) is 10.7 Å². The number of nitrogens with zero attached hydrogens (tertiary/aromatic N) is 4. The van der Waals surface area contributed by atoms with E-state index in [1.165, 1.54) is 42.3 Å². The zero-order valence-electron chi connectivity index (χ0n) is 17.9. The molecule has 4 unspecified atom stereocenters. The van der Waals surface area contributed by atoms with Crippen molar-refractivity contribution in [2.45, 2.75) is 50.4 Å². The van der Waals surface area contributed by atoms with Gasteiger partial charge in [0.05, 0.1) is 17.2 Å². The fourth-order valence-electron chi connectivity index (χ4n) is 5.35. The van der Waals surface area contributed by atoms with Crippen molar-refractivity contribution < 1.29 is 4.79 Å². The van der Waals surface area contributed by atoms with E-state index < -0.39 is 0 Å². The Morgan fingerprint density at radius 1 is 1.23 bits per heavy atom. The third kappa shape index (κ3) is 4.34. The molecule has 0 aliphatic heterocycles. The summed E-state index contributed by atoms with van der Waals surface area (Å²) in [6, 6.07) is 8.63. The topological polar surface area (TPSA) is 51.0 Å². The number of fused-ring (bicyclic) bond motifs is 2. The van der Waals surface area contributed by atoms with Crippen LogP contribution in [0.3, 0.4) is 0 Å². The Balaban J connectivity index is 1.34. The summed E-state index contributed by atoms with van der Waals surface area (Å²) >= 11 is 4.92. The van der Waals surface area contributed by atoms with Crippen molar-refractivity contribution in [3.8, 4) is 10.7 Å². The minimum absolute atomic E-state index is 0.123. The van der Waals surface area contributed by atoms with Gasteiger partial charge in [-0.15, -0.1) is 32.9 Å². The van der Waals surface area contributed by atoms with Gasteiger partial charge in [-0.2, -0.15) is 0 Å². The molecule has 2 fully saturated rings. The number of amides is 1. The molecule has 0 N–H and O–H groups in total. The summed E-state index contributed by atoms with van der Waals surface area (Å²) in [5, 5.41) is 14.1. The lowest BCUT2D eigenvalue weighted by Gasteiger charge is -2.30. The Morgan fingerprint density at radius 2 is 2.06 bits per heavy atom. The summed E-state index contributed by atoms with van der Waals surface area (Å²) in [5.41, 5.74) is 0. The van der Waals surface area contributed by atoms with Crippen molar-refractivity contribution >= 4 is 40.3 Å². The Labute approximate surface area is 195 Å². The lowest BCUT2D eigenvalue weighted by atomic mass is 9.84. The van der Waals surface area contributed by atoms with Crippen LogP contribution in [-0.4, -0.2) is 38.4 Å². The first-order valence-electron chi connectivity index (χ1n) is 11.0. The molecular weight excluding hydrogens is 444 g/mol. The van der Waals surface area contributed by atoms with E-state index in [1.54, 1.807) is 27.6 Å². The highest BCUT2D eigenvalue weighted by atomic mass is 32.2. The first kappa shape index (κ1) is 21.2. The van der Waals surface area contributed by atoms with Crippen LogP contribution in [0.15, 0.2) is 40.2 Å². The van der Waals surface area contributed by atoms with Gasteiger partial charge in [-0.3, -0.25) is 9.36 Å². The number of rotatable bonds is 8. The highest BCUT2D eigenvalue weighted by Crippen LogP contribution is 2.53. The van der Waals surface area contributed by atoms with Gasteiger partial charge in [0.15, 0.2) is 11.0 Å². The number of carbonyl (C=O) groups excluding carboxylic acids is 1. The smallest absolute Gasteiger partial charge is 0.233 e. The van der Waals surface area contributed by atoms with Gasteiger partial charge in [0.2, 0.25) is 5.91 Å². The number of thiophene rings is 2. The second kappa shape index (κ2) is 9.08. The maximum absolute atomic E-state index is 12.8. The molecule has 1 amide bonds. The minimum atomic E-state index is 0.123. The molecule has 0 saturated heterocycles. The van der Waals surface area contributed by atoms with Gasteiger partial charge in [-0.05, 0) is 66.8 Å². The Morgan fingerprint density at radius 3 is 2.74 bits per heavy atom. The number of hydrogen-bond donors (Lipinski definition) is 0. The van der Waals surface area contributed by atoms with Crippen LogP contribution in [0.2, 0.25) is 0 Å². The van der Waals surface area contributed by atoms with Crippen molar-refractivity contribution in [3.05, 3.63) is 39.9 Å². The molecule has 3 heterocycles. The molecule has 3 aromatic heterocycles. The van der Waals surface area contributed by atoms with Crippen LogP contribution in [0.5, 0.6) is 0 Å². The molecule has 4 atom stereocenters. The van der Waals surface area contributed by atoms with Crippen LogP contribution in [0, 0.1) is 17.8 Å². The van der Waals surface area contributed by atoms with Crippen molar-refractivity contribution in [1.29, 1.82) is 0 Å². The van der Waals surface area contributed by atoms with Crippen molar-refractivity contribution in [1.82, 2.24) is 19.7 Å². The third-order valence-corrected chi connectivity index (χ3v) is 9.60. The van der Waals surface area contributed by atoms with Gasteiger partial charge >= 0.3 is 0 Å². The monoisotopic (exact) mass is 472 g/mol. The minimum Gasteiger partial charge on any atom is -0.340 e. The highest BCUT2D eigenvalue weighted by Gasteiger charge is 2.43. The summed E-state index contributed by atoms with van der Waals surface area (Å²) in [6.45, 7) is 2.99. The van der Waals surface area contributed by atoms with E-state index in [2.05, 4.69) is 45.3 Å². The predicted octanol–water partition coefficient (Wildman–Crippen LogP) is 5.82. The van der Waals surface area contributed by atoms with Gasteiger partial charge in [-0.1, -0.05) is 30.3 Å². The van der Waals surface area contributed by atoms with Crippen LogP contribution < -0.4 is 0 Å². The first-order valence-corrected chi connectivity index (χ1v) is 13.7. The summed E-state index contributed by atoms with van der Waals surface area (Å²) in [5.74, 6) is 3.88. The summed E-state index contributed by atoms with van der Waals surface area (Å²) < 4.78 is 2.33. The zero-order chi connectivity index (χ0) is 21.4. The fraction of sp³-hybridized carbons (Fsp3) is 0.522. The van der Waals surface area contributed by atoms with E-state index in [4.69, 9.17) is 0 Å². The molecule has 2 aliphatic carbocycles. The van der Waals surface area contributed by atoms with Gasteiger partial charge < -0.3 is 4.90 Å². The average molecular weight is 473 g/mol. The van der Waals surface area contributed by atoms with Gasteiger partial charge in [-0.25, -0.2) is 0 Å². The Bertz CT molecular complexity index is 1010. The maximum atomic E-state index is 12.8. The summed E-state index contributed by atoms with van der Waals surface area (Å²) in [4.78, 5) is 16.9. The molecule has 0 aromatic carbocycles. The van der Waals surface area contributed by atoms with Crippen LogP contribution in [0.4, 0.5) is 0 Å². The molecule has 31 heavy (non-hydrogen) atoms. The van der Waals surface area contributed by atoms with E-state index in [9.17, 15) is 4.79 Å². The maximum Gasteiger partial charge on any atom is 0.233 e. The first-order chi connectivity index (χ1) is 15.1. The third-order valence-electron chi connectivity index (χ3n) is 6.95.